The lowest BCUT2D eigenvalue weighted by Gasteiger charge is -2.06. The number of amides is 1. The molecule has 0 saturated carbocycles. The van der Waals surface area contributed by atoms with Crippen LogP contribution in [0, 0.1) is 0 Å². The molecule has 2 aromatic heterocycles. The minimum atomic E-state index is -0.789. The second kappa shape index (κ2) is 7.00. The Hall–Kier alpha value is -2.08. The van der Waals surface area contributed by atoms with Gasteiger partial charge in [0.15, 0.2) is 0 Å². The molecular formula is C17H14ClNO3S. The Morgan fingerprint density at radius 1 is 1.22 bits per heavy atom. The zero-order chi connectivity index (χ0) is 16.2. The van der Waals surface area contributed by atoms with E-state index in [0.29, 0.717) is 22.9 Å². The Kier molecular flexibility index (Phi) is 4.81. The van der Waals surface area contributed by atoms with Gasteiger partial charge in [0.1, 0.15) is 11.9 Å². The molecule has 3 rings (SSSR count). The van der Waals surface area contributed by atoms with Crippen LogP contribution in [-0.4, -0.2) is 11.0 Å². The van der Waals surface area contributed by atoms with Gasteiger partial charge in [-0.3, -0.25) is 4.79 Å². The third kappa shape index (κ3) is 3.64. The Balaban J connectivity index is 1.64. The first-order chi connectivity index (χ1) is 11.1. The van der Waals surface area contributed by atoms with Crippen molar-refractivity contribution < 1.29 is 14.3 Å². The zero-order valence-corrected chi connectivity index (χ0v) is 13.6. The highest BCUT2D eigenvalue weighted by atomic mass is 35.5. The second-order valence-corrected chi connectivity index (χ2v) is 6.49. The third-order valence-electron chi connectivity index (χ3n) is 3.31. The van der Waals surface area contributed by atoms with Crippen molar-refractivity contribution in [3.63, 3.8) is 0 Å². The van der Waals surface area contributed by atoms with Crippen molar-refractivity contribution in [1.82, 2.24) is 5.32 Å². The van der Waals surface area contributed by atoms with E-state index in [4.69, 9.17) is 16.0 Å². The molecule has 0 spiro atoms. The highest BCUT2D eigenvalue weighted by Crippen LogP contribution is 2.28. The van der Waals surface area contributed by atoms with E-state index in [1.807, 2.05) is 12.1 Å². The minimum Gasteiger partial charge on any atom is -0.466 e. The first-order valence-electron chi connectivity index (χ1n) is 6.98. The Morgan fingerprint density at radius 3 is 2.78 bits per heavy atom. The molecule has 1 amide bonds. The number of aliphatic hydroxyl groups excluding tert-OH is 1. The summed E-state index contributed by atoms with van der Waals surface area (Å²) in [5.74, 6) is 0.274. The summed E-state index contributed by atoms with van der Waals surface area (Å²) >= 11 is 7.42. The van der Waals surface area contributed by atoms with Crippen LogP contribution in [0.3, 0.4) is 0 Å². The third-order valence-corrected chi connectivity index (χ3v) is 4.77. The lowest BCUT2D eigenvalue weighted by molar-refractivity contribution is 0.0951. The lowest BCUT2D eigenvalue weighted by atomic mass is 10.2. The molecule has 2 heterocycles. The predicted molar refractivity (Wildman–Crippen MR) is 89.7 cm³/mol. The molecule has 0 aliphatic rings. The average molecular weight is 348 g/mol. The van der Waals surface area contributed by atoms with Gasteiger partial charge in [-0.25, -0.2) is 0 Å². The highest BCUT2D eigenvalue weighted by molar-refractivity contribution is 7.12. The molecular weight excluding hydrogens is 334 g/mol. The van der Waals surface area contributed by atoms with Gasteiger partial charge in [0.2, 0.25) is 0 Å². The molecule has 2 N–H and O–H groups in total. The summed E-state index contributed by atoms with van der Waals surface area (Å²) in [6.45, 7) is 0.375. The first kappa shape index (κ1) is 15.8. The predicted octanol–water partition coefficient (Wildman–Crippen LogP) is 4.01. The zero-order valence-electron chi connectivity index (χ0n) is 12.0. The molecule has 0 aliphatic heterocycles. The number of aliphatic hydroxyl groups is 1. The van der Waals surface area contributed by atoms with Crippen molar-refractivity contribution in [3.05, 3.63) is 80.9 Å². The topological polar surface area (TPSA) is 62.5 Å². The lowest BCUT2D eigenvalue weighted by Crippen LogP contribution is -2.22. The van der Waals surface area contributed by atoms with Crippen LogP contribution in [0.5, 0.6) is 0 Å². The number of hydrogen-bond donors (Lipinski definition) is 2. The SMILES string of the molecule is O=C(NCc1ccc([C@H](O)c2ccco2)s1)c1ccccc1Cl. The molecule has 118 valence electrons. The number of carbonyl (C=O) groups excluding carboxylic acids is 1. The number of furan rings is 1. The largest absolute Gasteiger partial charge is 0.466 e. The Labute approximate surface area is 142 Å². The second-order valence-electron chi connectivity index (χ2n) is 4.88. The van der Waals surface area contributed by atoms with Crippen molar-refractivity contribution in [1.29, 1.82) is 0 Å². The summed E-state index contributed by atoms with van der Waals surface area (Å²) in [4.78, 5) is 13.8. The standard InChI is InChI=1S/C17H14ClNO3S/c18-13-5-2-1-4-12(13)17(21)19-10-11-7-8-15(23-11)16(20)14-6-3-9-22-14/h1-9,16,20H,10H2,(H,19,21)/t16-/m1/s1. The van der Waals surface area contributed by atoms with Gasteiger partial charge in [-0.05, 0) is 36.4 Å². The van der Waals surface area contributed by atoms with Crippen LogP contribution < -0.4 is 5.32 Å². The highest BCUT2D eigenvalue weighted by Gasteiger charge is 2.16. The molecule has 0 aliphatic carbocycles. The number of hydrogen-bond acceptors (Lipinski definition) is 4. The van der Waals surface area contributed by atoms with Crippen molar-refractivity contribution in [2.45, 2.75) is 12.6 Å². The molecule has 0 radical (unpaired) electrons. The molecule has 4 nitrogen and oxygen atoms in total. The van der Waals surface area contributed by atoms with Crippen LogP contribution in [0.4, 0.5) is 0 Å². The summed E-state index contributed by atoms with van der Waals surface area (Å²) in [6, 6.07) is 14.1. The van der Waals surface area contributed by atoms with E-state index in [9.17, 15) is 9.90 Å². The van der Waals surface area contributed by atoms with Gasteiger partial charge in [0.25, 0.3) is 5.91 Å². The maximum Gasteiger partial charge on any atom is 0.253 e. The van der Waals surface area contributed by atoms with E-state index < -0.39 is 6.10 Å². The van der Waals surface area contributed by atoms with Crippen LogP contribution in [0.25, 0.3) is 0 Å². The van der Waals surface area contributed by atoms with Gasteiger partial charge in [-0.2, -0.15) is 0 Å². The van der Waals surface area contributed by atoms with Gasteiger partial charge in [0.05, 0.1) is 23.4 Å². The van der Waals surface area contributed by atoms with Crippen molar-refractivity contribution in [2.75, 3.05) is 0 Å². The van der Waals surface area contributed by atoms with Crippen LogP contribution >= 0.6 is 22.9 Å². The Bertz CT molecular complexity index is 798. The number of thiophene rings is 1. The van der Waals surface area contributed by atoms with Crippen molar-refractivity contribution in [3.8, 4) is 0 Å². The van der Waals surface area contributed by atoms with E-state index in [2.05, 4.69) is 5.32 Å². The number of rotatable bonds is 5. The van der Waals surface area contributed by atoms with Gasteiger partial charge in [-0.1, -0.05) is 23.7 Å². The van der Waals surface area contributed by atoms with Crippen molar-refractivity contribution in [2.24, 2.45) is 0 Å². The normalized spacial score (nSPS) is 12.1. The van der Waals surface area contributed by atoms with Crippen LogP contribution in [0.1, 0.15) is 32.0 Å². The van der Waals surface area contributed by atoms with Gasteiger partial charge >= 0.3 is 0 Å². The number of carbonyl (C=O) groups is 1. The fourth-order valence-electron chi connectivity index (χ4n) is 2.13. The van der Waals surface area contributed by atoms with Crippen LogP contribution in [0.15, 0.2) is 59.2 Å². The quantitative estimate of drug-likeness (QED) is 0.733. The molecule has 3 aromatic rings. The summed E-state index contributed by atoms with van der Waals surface area (Å²) in [6.07, 6.45) is 0.736. The smallest absolute Gasteiger partial charge is 0.253 e. The molecule has 0 fully saturated rings. The number of benzene rings is 1. The fraction of sp³-hybridized carbons (Fsp3) is 0.118. The molecule has 0 unspecified atom stereocenters. The Morgan fingerprint density at radius 2 is 2.04 bits per heavy atom. The van der Waals surface area contributed by atoms with Gasteiger partial charge < -0.3 is 14.8 Å². The summed E-state index contributed by atoms with van der Waals surface area (Å²) in [5.41, 5.74) is 0.446. The molecule has 0 saturated heterocycles. The monoisotopic (exact) mass is 347 g/mol. The van der Waals surface area contributed by atoms with Crippen molar-refractivity contribution >= 4 is 28.8 Å². The van der Waals surface area contributed by atoms with E-state index in [1.54, 1.807) is 36.4 Å². The fourth-order valence-corrected chi connectivity index (χ4v) is 3.30. The molecule has 23 heavy (non-hydrogen) atoms. The summed E-state index contributed by atoms with van der Waals surface area (Å²) < 4.78 is 5.20. The van der Waals surface area contributed by atoms with E-state index in [-0.39, 0.29) is 5.91 Å². The molecule has 1 aromatic carbocycles. The maximum absolute atomic E-state index is 12.1. The number of halogens is 1. The molecule has 0 bridgehead atoms. The summed E-state index contributed by atoms with van der Waals surface area (Å²) in [7, 11) is 0. The maximum atomic E-state index is 12.1. The van der Waals surface area contributed by atoms with Crippen LogP contribution in [0.2, 0.25) is 5.02 Å². The molecule has 6 heteroatoms. The minimum absolute atomic E-state index is 0.225. The number of nitrogens with one attached hydrogen (secondary N) is 1. The van der Waals surface area contributed by atoms with E-state index in [1.165, 1.54) is 17.6 Å². The molecule has 1 atom stereocenters. The van der Waals surface area contributed by atoms with E-state index in [0.717, 1.165) is 9.75 Å². The van der Waals surface area contributed by atoms with E-state index >= 15 is 0 Å². The van der Waals surface area contributed by atoms with Gasteiger partial charge in [0, 0.05) is 9.75 Å². The van der Waals surface area contributed by atoms with Gasteiger partial charge in [-0.15, -0.1) is 11.3 Å². The first-order valence-corrected chi connectivity index (χ1v) is 8.17. The van der Waals surface area contributed by atoms with Crippen LogP contribution in [-0.2, 0) is 6.54 Å². The summed E-state index contributed by atoms with van der Waals surface area (Å²) in [5, 5.41) is 13.4. The average Bonchev–Trinajstić information content (AvgIpc) is 3.24.